The fraction of sp³-hybridized carbons (Fsp3) is 0.333. The van der Waals surface area contributed by atoms with Gasteiger partial charge in [-0.15, -0.1) is 0 Å². The number of amides is 2. The third-order valence-corrected chi connectivity index (χ3v) is 5.24. The van der Waals surface area contributed by atoms with Crippen LogP contribution in [0.2, 0.25) is 0 Å². The minimum absolute atomic E-state index is 0.0673. The number of carbonyl (C=O) groups is 2. The molecule has 1 saturated heterocycles. The first-order valence-electron chi connectivity index (χ1n) is 9.14. The topological polar surface area (TPSA) is 40.6 Å². The molecule has 0 bridgehead atoms. The van der Waals surface area contributed by atoms with Crippen LogP contribution in [-0.2, 0) is 6.42 Å². The molecule has 0 aromatic heterocycles. The average molecular weight is 352 g/mol. The van der Waals surface area contributed by atoms with E-state index < -0.39 is 0 Å². The molecule has 134 valence electrons. The van der Waals surface area contributed by atoms with Crippen molar-refractivity contribution in [3.63, 3.8) is 0 Å². The average Bonchev–Trinajstić information content (AvgIpc) is 3.12. The third-order valence-electron chi connectivity index (χ3n) is 5.24. The second kappa shape index (κ2) is 6.90. The summed E-state index contributed by atoms with van der Waals surface area (Å²) in [5.74, 6) is -0.457. The molecule has 2 heterocycles. The molecular formula is C21H21FN2O2. The van der Waals surface area contributed by atoms with Crippen molar-refractivity contribution in [2.75, 3.05) is 24.5 Å². The molecule has 4 nitrogen and oxygen atoms in total. The van der Waals surface area contributed by atoms with Gasteiger partial charge in [0, 0.05) is 36.4 Å². The van der Waals surface area contributed by atoms with Gasteiger partial charge in [0.1, 0.15) is 5.82 Å². The van der Waals surface area contributed by atoms with Gasteiger partial charge < -0.3 is 9.80 Å². The lowest BCUT2D eigenvalue weighted by atomic mass is 10.0. The summed E-state index contributed by atoms with van der Waals surface area (Å²) in [7, 11) is 0. The number of carbonyl (C=O) groups excluding carboxylic acids is 2. The van der Waals surface area contributed by atoms with Crippen LogP contribution < -0.4 is 4.90 Å². The van der Waals surface area contributed by atoms with Gasteiger partial charge in [0.25, 0.3) is 11.8 Å². The fourth-order valence-corrected chi connectivity index (χ4v) is 3.86. The Bertz CT molecular complexity index is 842. The highest BCUT2D eigenvalue weighted by atomic mass is 19.1. The van der Waals surface area contributed by atoms with Crippen LogP contribution in [0.4, 0.5) is 10.1 Å². The number of rotatable bonds is 2. The minimum Gasteiger partial charge on any atom is -0.339 e. The number of fused-ring (bicyclic) bond motifs is 1. The maximum Gasteiger partial charge on any atom is 0.258 e. The Morgan fingerprint density at radius 1 is 0.846 bits per heavy atom. The van der Waals surface area contributed by atoms with E-state index in [4.69, 9.17) is 0 Å². The smallest absolute Gasteiger partial charge is 0.258 e. The monoisotopic (exact) mass is 352 g/mol. The normalized spacial score (nSPS) is 16.5. The van der Waals surface area contributed by atoms with Crippen molar-refractivity contribution < 1.29 is 14.0 Å². The van der Waals surface area contributed by atoms with Crippen molar-refractivity contribution in [1.82, 2.24) is 4.90 Å². The van der Waals surface area contributed by atoms with E-state index in [-0.39, 0.29) is 17.6 Å². The van der Waals surface area contributed by atoms with Crippen LogP contribution in [-0.4, -0.2) is 36.3 Å². The van der Waals surface area contributed by atoms with E-state index in [2.05, 4.69) is 0 Å². The number of anilines is 1. The summed E-state index contributed by atoms with van der Waals surface area (Å²) in [5.41, 5.74) is 2.89. The van der Waals surface area contributed by atoms with E-state index in [0.29, 0.717) is 24.1 Å². The van der Waals surface area contributed by atoms with E-state index in [0.717, 1.165) is 37.2 Å². The van der Waals surface area contributed by atoms with Crippen LogP contribution in [0.25, 0.3) is 0 Å². The molecule has 0 radical (unpaired) electrons. The summed E-state index contributed by atoms with van der Waals surface area (Å²) in [6.45, 7) is 2.15. The Morgan fingerprint density at radius 3 is 2.31 bits per heavy atom. The summed E-state index contributed by atoms with van der Waals surface area (Å²) in [5, 5.41) is 0. The Balaban J connectivity index is 1.62. The lowest BCUT2D eigenvalue weighted by molar-refractivity contribution is 0.0723. The van der Waals surface area contributed by atoms with Crippen LogP contribution in [0, 0.1) is 5.82 Å². The number of likely N-dealkylation sites (tertiary alicyclic amines) is 1. The van der Waals surface area contributed by atoms with Crippen molar-refractivity contribution in [3.05, 3.63) is 65.0 Å². The van der Waals surface area contributed by atoms with E-state index in [1.807, 2.05) is 23.1 Å². The van der Waals surface area contributed by atoms with Crippen molar-refractivity contribution in [3.8, 4) is 0 Å². The van der Waals surface area contributed by atoms with Gasteiger partial charge in [0.2, 0.25) is 0 Å². The predicted octanol–water partition coefficient (Wildman–Crippen LogP) is 3.65. The van der Waals surface area contributed by atoms with Crippen LogP contribution >= 0.6 is 0 Å². The van der Waals surface area contributed by atoms with Crippen LogP contribution in [0.1, 0.15) is 45.5 Å². The molecule has 0 spiro atoms. The largest absolute Gasteiger partial charge is 0.339 e. The Morgan fingerprint density at radius 2 is 1.58 bits per heavy atom. The summed E-state index contributed by atoms with van der Waals surface area (Å²) in [6.07, 6.45) is 3.94. The Kier molecular flexibility index (Phi) is 4.45. The standard InChI is InChI=1S/C21H21FN2O2/c22-16-9-7-15(8-10-16)20(25)24-14-11-17-18(5-4-6-19(17)24)21(26)23-12-2-1-3-13-23/h4-10H,1-3,11-14H2. The molecule has 2 aromatic carbocycles. The van der Waals surface area contributed by atoms with Gasteiger partial charge in [-0.1, -0.05) is 6.07 Å². The number of halogens is 1. The predicted molar refractivity (Wildman–Crippen MR) is 98.0 cm³/mol. The molecule has 5 heteroatoms. The molecule has 2 amide bonds. The molecule has 0 aliphatic carbocycles. The number of nitrogens with zero attached hydrogens (tertiary/aromatic N) is 2. The van der Waals surface area contributed by atoms with Gasteiger partial charge >= 0.3 is 0 Å². The summed E-state index contributed by atoms with van der Waals surface area (Å²) in [6, 6.07) is 11.2. The molecule has 0 atom stereocenters. The van der Waals surface area contributed by atoms with Gasteiger partial charge in [-0.3, -0.25) is 9.59 Å². The summed E-state index contributed by atoms with van der Waals surface area (Å²) >= 11 is 0. The van der Waals surface area contributed by atoms with E-state index >= 15 is 0 Å². The van der Waals surface area contributed by atoms with Gasteiger partial charge in [0.15, 0.2) is 0 Å². The summed E-state index contributed by atoms with van der Waals surface area (Å²) in [4.78, 5) is 29.3. The molecule has 2 aliphatic rings. The Labute approximate surface area is 152 Å². The molecule has 2 aromatic rings. The lowest BCUT2D eigenvalue weighted by Crippen LogP contribution is -2.36. The van der Waals surface area contributed by atoms with E-state index in [9.17, 15) is 14.0 Å². The first kappa shape index (κ1) is 16.8. The molecule has 0 saturated carbocycles. The lowest BCUT2D eigenvalue weighted by Gasteiger charge is -2.27. The van der Waals surface area contributed by atoms with Crippen LogP contribution in [0.3, 0.4) is 0 Å². The number of hydrogen-bond donors (Lipinski definition) is 0. The second-order valence-electron chi connectivity index (χ2n) is 6.87. The van der Waals surface area contributed by atoms with Crippen molar-refractivity contribution in [1.29, 1.82) is 0 Å². The third kappa shape index (κ3) is 2.98. The summed E-state index contributed by atoms with van der Waals surface area (Å²) < 4.78 is 13.1. The molecular weight excluding hydrogens is 331 g/mol. The number of piperidine rings is 1. The first-order valence-corrected chi connectivity index (χ1v) is 9.14. The Hall–Kier alpha value is -2.69. The molecule has 26 heavy (non-hydrogen) atoms. The fourth-order valence-electron chi connectivity index (χ4n) is 3.86. The molecule has 0 unspecified atom stereocenters. The highest BCUT2D eigenvalue weighted by Gasteiger charge is 2.30. The SMILES string of the molecule is O=C(c1cccc2c1CCN2C(=O)c1ccc(F)cc1)N1CCCCC1. The van der Waals surface area contributed by atoms with Crippen LogP contribution in [0.15, 0.2) is 42.5 Å². The zero-order valence-corrected chi connectivity index (χ0v) is 14.6. The van der Waals surface area contributed by atoms with E-state index in [1.165, 1.54) is 30.7 Å². The van der Waals surface area contributed by atoms with Gasteiger partial charge in [-0.2, -0.15) is 0 Å². The highest BCUT2D eigenvalue weighted by molar-refractivity contribution is 6.08. The van der Waals surface area contributed by atoms with Gasteiger partial charge in [-0.25, -0.2) is 4.39 Å². The van der Waals surface area contributed by atoms with Crippen molar-refractivity contribution >= 4 is 17.5 Å². The molecule has 0 N–H and O–H groups in total. The van der Waals surface area contributed by atoms with Crippen LogP contribution in [0.5, 0.6) is 0 Å². The maximum atomic E-state index is 13.1. The second-order valence-corrected chi connectivity index (χ2v) is 6.87. The molecule has 2 aliphatic heterocycles. The zero-order chi connectivity index (χ0) is 18.1. The van der Waals surface area contributed by atoms with E-state index in [1.54, 1.807) is 4.90 Å². The molecule has 1 fully saturated rings. The highest BCUT2D eigenvalue weighted by Crippen LogP contribution is 2.33. The molecule has 4 rings (SSSR count). The first-order chi connectivity index (χ1) is 12.6. The minimum atomic E-state index is -0.363. The zero-order valence-electron chi connectivity index (χ0n) is 14.6. The number of benzene rings is 2. The van der Waals surface area contributed by atoms with Gasteiger partial charge in [0.05, 0.1) is 0 Å². The van der Waals surface area contributed by atoms with Crippen molar-refractivity contribution in [2.24, 2.45) is 0 Å². The number of hydrogen-bond acceptors (Lipinski definition) is 2. The quantitative estimate of drug-likeness (QED) is 0.828. The van der Waals surface area contributed by atoms with Crippen molar-refractivity contribution in [2.45, 2.75) is 25.7 Å². The van der Waals surface area contributed by atoms with Gasteiger partial charge in [-0.05, 0) is 67.6 Å². The maximum absolute atomic E-state index is 13.1.